The van der Waals surface area contributed by atoms with Crippen LogP contribution in [0.25, 0.3) is 11.0 Å². The summed E-state index contributed by atoms with van der Waals surface area (Å²) in [5, 5.41) is 4.84. The van der Waals surface area contributed by atoms with Gasteiger partial charge in [0.1, 0.15) is 16.7 Å². The molecule has 0 N–H and O–H groups in total. The van der Waals surface area contributed by atoms with E-state index < -0.39 is 5.60 Å². The van der Waals surface area contributed by atoms with Crippen LogP contribution in [0.4, 0.5) is 4.79 Å². The van der Waals surface area contributed by atoms with Crippen molar-refractivity contribution in [3.63, 3.8) is 0 Å². The fraction of sp³-hybridized carbons (Fsp3) is 0.636. The van der Waals surface area contributed by atoms with Crippen LogP contribution in [0.5, 0.6) is 11.6 Å². The monoisotopic (exact) mass is 404 g/mol. The molecule has 0 saturated carbocycles. The number of ether oxygens (including phenoxy) is 3. The molecule has 29 heavy (non-hydrogen) atoms. The van der Waals surface area contributed by atoms with E-state index in [9.17, 15) is 4.79 Å². The summed E-state index contributed by atoms with van der Waals surface area (Å²) in [5.41, 5.74) is 0.146. The summed E-state index contributed by atoms with van der Waals surface area (Å²) < 4.78 is 22.8. The molecule has 7 nitrogen and oxygen atoms in total. The van der Waals surface area contributed by atoms with E-state index in [-0.39, 0.29) is 12.0 Å². The maximum atomic E-state index is 12.4. The normalized spacial score (nSPS) is 17.6. The molecule has 0 spiro atoms. The molecule has 7 heteroatoms. The maximum Gasteiger partial charge on any atom is 0.410 e. The first-order valence-corrected chi connectivity index (χ1v) is 10.3. The lowest BCUT2D eigenvalue weighted by Gasteiger charge is -2.33. The Labute approximate surface area is 172 Å². The van der Waals surface area contributed by atoms with Crippen LogP contribution in [0.1, 0.15) is 47.5 Å². The molecule has 1 fully saturated rings. The highest BCUT2D eigenvalue weighted by molar-refractivity contribution is 5.88. The zero-order valence-electron chi connectivity index (χ0n) is 18.1. The Balaban J connectivity index is 1.63. The van der Waals surface area contributed by atoms with Crippen LogP contribution in [0, 0.1) is 11.8 Å². The minimum absolute atomic E-state index is 0.215. The molecule has 0 radical (unpaired) electrons. The number of aromatic nitrogens is 1. The van der Waals surface area contributed by atoms with Crippen LogP contribution in [0.2, 0.25) is 0 Å². The zero-order chi connectivity index (χ0) is 21.0. The second-order valence-corrected chi connectivity index (χ2v) is 9.07. The van der Waals surface area contributed by atoms with E-state index in [0.29, 0.717) is 49.4 Å². The Morgan fingerprint density at radius 1 is 1.31 bits per heavy atom. The van der Waals surface area contributed by atoms with E-state index >= 15 is 0 Å². The van der Waals surface area contributed by atoms with Gasteiger partial charge in [0, 0.05) is 19.0 Å². The largest absolute Gasteiger partial charge is 0.492 e. The SMILES string of the molecule is CC(C)COc1cccc2onc(OCC3CCCN(C(=O)OC(C)(C)C)C3)c12. The topological polar surface area (TPSA) is 74.0 Å². The average molecular weight is 405 g/mol. The molecule has 3 rings (SSSR count). The standard InChI is InChI=1S/C22H32N2O5/c1-15(2)13-26-17-9-6-10-18-19(17)20(23-29-18)27-14-16-8-7-11-24(12-16)21(25)28-22(3,4)5/h6,9-10,15-16H,7-8,11-14H2,1-5H3. The number of benzene rings is 1. The number of carbonyl (C=O) groups is 1. The molecule has 160 valence electrons. The summed E-state index contributed by atoms with van der Waals surface area (Å²) in [6.45, 7) is 12.2. The molecule has 0 aliphatic carbocycles. The third-order valence-corrected chi connectivity index (χ3v) is 4.63. The Kier molecular flexibility index (Phi) is 6.55. The molecule has 1 atom stereocenters. The number of piperidine rings is 1. The molecule has 1 saturated heterocycles. The van der Waals surface area contributed by atoms with Gasteiger partial charge in [-0.2, -0.15) is 0 Å². The number of likely N-dealkylation sites (tertiary alicyclic amines) is 1. The molecule has 1 aliphatic rings. The van der Waals surface area contributed by atoms with Crippen LogP contribution < -0.4 is 9.47 Å². The van der Waals surface area contributed by atoms with Crippen molar-refractivity contribution in [1.82, 2.24) is 10.1 Å². The second kappa shape index (κ2) is 8.93. The molecular formula is C22H32N2O5. The second-order valence-electron chi connectivity index (χ2n) is 9.07. The Morgan fingerprint density at radius 2 is 2.10 bits per heavy atom. The van der Waals surface area contributed by atoms with Crippen LogP contribution in [-0.4, -0.2) is 48.1 Å². The third-order valence-electron chi connectivity index (χ3n) is 4.63. The van der Waals surface area contributed by atoms with E-state index in [0.717, 1.165) is 18.2 Å². The lowest BCUT2D eigenvalue weighted by atomic mass is 9.99. The van der Waals surface area contributed by atoms with Gasteiger partial charge in [0.05, 0.1) is 13.2 Å². The van der Waals surface area contributed by atoms with E-state index in [4.69, 9.17) is 18.7 Å². The minimum Gasteiger partial charge on any atom is -0.492 e. The number of hydrogen-bond donors (Lipinski definition) is 0. The van der Waals surface area contributed by atoms with E-state index in [2.05, 4.69) is 19.0 Å². The number of nitrogens with zero attached hydrogens (tertiary/aromatic N) is 2. The third kappa shape index (κ3) is 5.78. The lowest BCUT2D eigenvalue weighted by molar-refractivity contribution is 0.0137. The van der Waals surface area contributed by atoms with Gasteiger partial charge in [-0.25, -0.2) is 4.79 Å². The van der Waals surface area contributed by atoms with Crippen molar-refractivity contribution in [2.45, 2.75) is 53.1 Å². The Morgan fingerprint density at radius 3 is 2.83 bits per heavy atom. The predicted octanol–water partition coefficient (Wildman–Crippen LogP) is 4.89. The molecule has 0 bridgehead atoms. The summed E-state index contributed by atoms with van der Waals surface area (Å²) in [6, 6.07) is 5.63. The van der Waals surface area contributed by atoms with Gasteiger partial charge in [-0.05, 0) is 56.8 Å². The van der Waals surface area contributed by atoms with Crippen molar-refractivity contribution < 1.29 is 23.5 Å². The average Bonchev–Trinajstić information content (AvgIpc) is 3.07. The fourth-order valence-corrected chi connectivity index (χ4v) is 3.30. The molecule has 1 aromatic carbocycles. The zero-order valence-corrected chi connectivity index (χ0v) is 18.1. The van der Waals surface area contributed by atoms with E-state index in [1.54, 1.807) is 4.90 Å². The first kappa shape index (κ1) is 21.3. The number of fused-ring (bicyclic) bond motifs is 1. The van der Waals surface area contributed by atoms with Gasteiger partial charge in [0.2, 0.25) is 0 Å². The number of rotatable bonds is 6. The molecule has 2 heterocycles. The van der Waals surface area contributed by atoms with Gasteiger partial charge in [0.15, 0.2) is 5.58 Å². The number of hydrogen-bond acceptors (Lipinski definition) is 6. The molecule has 2 aromatic rings. The molecular weight excluding hydrogens is 372 g/mol. The number of carbonyl (C=O) groups excluding carboxylic acids is 1. The first-order valence-electron chi connectivity index (χ1n) is 10.3. The summed E-state index contributed by atoms with van der Waals surface area (Å²) >= 11 is 0. The molecule has 1 aliphatic heterocycles. The van der Waals surface area contributed by atoms with Crippen LogP contribution >= 0.6 is 0 Å². The van der Waals surface area contributed by atoms with Crippen LogP contribution in [0.15, 0.2) is 22.7 Å². The van der Waals surface area contributed by atoms with Gasteiger partial charge < -0.3 is 23.6 Å². The summed E-state index contributed by atoms with van der Waals surface area (Å²) in [5.74, 6) is 1.78. The van der Waals surface area contributed by atoms with Crippen molar-refractivity contribution >= 4 is 17.1 Å². The highest BCUT2D eigenvalue weighted by Crippen LogP contribution is 2.34. The maximum absolute atomic E-state index is 12.4. The summed E-state index contributed by atoms with van der Waals surface area (Å²) in [4.78, 5) is 14.1. The van der Waals surface area contributed by atoms with Gasteiger partial charge in [-0.1, -0.05) is 19.9 Å². The van der Waals surface area contributed by atoms with Crippen molar-refractivity contribution in [3.05, 3.63) is 18.2 Å². The summed E-state index contributed by atoms with van der Waals surface area (Å²) in [7, 11) is 0. The number of amides is 1. The lowest BCUT2D eigenvalue weighted by Crippen LogP contribution is -2.44. The fourth-order valence-electron chi connectivity index (χ4n) is 3.30. The van der Waals surface area contributed by atoms with Crippen molar-refractivity contribution in [2.75, 3.05) is 26.3 Å². The van der Waals surface area contributed by atoms with Gasteiger partial charge >= 0.3 is 6.09 Å². The van der Waals surface area contributed by atoms with Crippen LogP contribution in [-0.2, 0) is 4.74 Å². The van der Waals surface area contributed by atoms with E-state index in [1.165, 1.54) is 0 Å². The van der Waals surface area contributed by atoms with Crippen LogP contribution in [0.3, 0.4) is 0 Å². The molecule has 1 amide bonds. The van der Waals surface area contributed by atoms with E-state index in [1.807, 2.05) is 39.0 Å². The minimum atomic E-state index is -0.494. The van der Waals surface area contributed by atoms with Crippen molar-refractivity contribution in [1.29, 1.82) is 0 Å². The highest BCUT2D eigenvalue weighted by atomic mass is 16.6. The first-order chi connectivity index (χ1) is 13.7. The van der Waals surface area contributed by atoms with Gasteiger partial charge in [0.25, 0.3) is 5.88 Å². The quantitative estimate of drug-likeness (QED) is 0.682. The molecule has 1 unspecified atom stereocenters. The summed E-state index contributed by atoms with van der Waals surface area (Å²) in [6.07, 6.45) is 1.65. The smallest absolute Gasteiger partial charge is 0.410 e. The predicted molar refractivity (Wildman–Crippen MR) is 110 cm³/mol. The Hall–Kier alpha value is -2.44. The molecule has 1 aromatic heterocycles. The van der Waals surface area contributed by atoms with Gasteiger partial charge in [-0.15, -0.1) is 0 Å². The highest BCUT2D eigenvalue weighted by Gasteiger charge is 2.28. The Bertz CT molecular complexity index is 824. The van der Waals surface area contributed by atoms with Crippen molar-refractivity contribution in [3.8, 4) is 11.6 Å². The van der Waals surface area contributed by atoms with Gasteiger partial charge in [-0.3, -0.25) is 0 Å². The van der Waals surface area contributed by atoms with Crippen molar-refractivity contribution in [2.24, 2.45) is 11.8 Å².